The predicted molar refractivity (Wildman–Crippen MR) is 71.9 cm³/mol. The summed E-state index contributed by atoms with van der Waals surface area (Å²) in [5.74, 6) is 0.663. The van der Waals surface area contributed by atoms with Gasteiger partial charge in [-0.3, -0.25) is 0 Å². The van der Waals surface area contributed by atoms with Crippen LogP contribution in [0.1, 0.15) is 51.7 Å². The third-order valence-electron chi connectivity index (χ3n) is 2.44. The number of hydrogen-bond donors (Lipinski definition) is 1. The van der Waals surface area contributed by atoms with Crippen LogP contribution in [0.3, 0.4) is 0 Å². The molecule has 1 heterocycles. The summed E-state index contributed by atoms with van der Waals surface area (Å²) >= 11 is 1.75. The molecule has 0 fully saturated rings. The SMILES string of the molecule is CC(C)CC(N)Cc1csc(C(C)(C)C)n1. The number of nitrogens with two attached hydrogens (primary N) is 1. The molecule has 0 saturated carbocycles. The van der Waals surface area contributed by atoms with Gasteiger partial charge in [-0.15, -0.1) is 11.3 Å². The van der Waals surface area contributed by atoms with E-state index in [4.69, 9.17) is 5.73 Å². The number of rotatable bonds is 4. The first-order chi connectivity index (χ1) is 7.29. The van der Waals surface area contributed by atoms with Gasteiger partial charge in [-0.05, 0) is 12.3 Å². The Labute approximate surface area is 103 Å². The molecule has 0 saturated heterocycles. The van der Waals surface area contributed by atoms with E-state index in [0.717, 1.165) is 18.5 Å². The summed E-state index contributed by atoms with van der Waals surface area (Å²) in [6.07, 6.45) is 1.98. The molecule has 1 unspecified atom stereocenters. The van der Waals surface area contributed by atoms with E-state index in [-0.39, 0.29) is 11.5 Å². The van der Waals surface area contributed by atoms with Gasteiger partial charge in [0.2, 0.25) is 0 Å². The molecule has 16 heavy (non-hydrogen) atoms. The lowest BCUT2D eigenvalue weighted by Gasteiger charge is -2.14. The van der Waals surface area contributed by atoms with Crippen molar-refractivity contribution in [2.45, 2.75) is 58.9 Å². The summed E-state index contributed by atoms with van der Waals surface area (Å²) in [5.41, 5.74) is 7.40. The van der Waals surface area contributed by atoms with Gasteiger partial charge in [0.05, 0.1) is 10.7 Å². The van der Waals surface area contributed by atoms with Crippen molar-refractivity contribution < 1.29 is 0 Å². The zero-order valence-electron chi connectivity index (χ0n) is 11.1. The molecule has 0 aliphatic rings. The van der Waals surface area contributed by atoms with E-state index in [9.17, 15) is 0 Å². The van der Waals surface area contributed by atoms with Crippen molar-refractivity contribution >= 4 is 11.3 Å². The van der Waals surface area contributed by atoms with E-state index in [2.05, 4.69) is 45.0 Å². The second-order valence-corrected chi connectivity index (χ2v) is 6.85. The number of aromatic nitrogens is 1. The van der Waals surface area contributed by atoms with Crippen molar-refractivity contribution in [3.8, 4) is 0 Å². The molecule has 2 N–H and O–H groups in total. The normalized spacial score (nSPS) is 14.4. The number of thiazole rings is 1. The highest BCUT2D eigenvalue weighted by Crippen LogP contribution is 2.26. The third-order valence-corrected chi connectivity index (χ3v) is 3.76. The van der Waals surface area contributed by atoms with E-state index < -0.39 is 0 Å². The Morgan fingerprint density at radius 3 is 2.44 bits per heavy atom. The van der Waals surface area contributed by atoms with E-state index in [1.54, 1.807) is 11.3 Å². The van der Waals surface area contributed by atoms with Gasteiger partial charge in [0.1, 0.15) is 0 Å². The molecule has 0 spiro atoms. The van der Waals surface area contributed by atoms with Crippen LogP contribution in [0.2, 0.25) is 0 Å². The Balaban J connectivity index is 2.59. The average Bonchev–Trinajstić information content (AvgIpc) is 2.49. The first kappa shape index (κ1) is 13.7. The molecule has 0 radical (unpaired) electrons. The smallest absolute Gasteiger partial charge is 0.0981 e. The lowest BCUT2D eigenvalue weighted by Crippen LogP contribution is -2.25. The Morgan fingerprint density at radius 2 is 2.00 bits per heavy atom. The van der Waals surface area contributed by atoms with Gasteiger partial charge in [0.15, 0.2) is 0 Å². The van der Waals surface area contributed by atoms with E-state index in [1.807, 2.05) is 0 Å². The summed E-state index contributed by atoms with van der Waals surface area (Å²) in [6, 6.07) is 0.245. The van der Waals surface area contributed by atoms with Gasteiger partial charge in [0.25, 0.3) is 0 Å². The molecular weight excluding hydrogens is 216 g/mol. The van der Waals surface area contributed by atoms with Crippen molar-refractivity contribution in [3.63, 3.8) is 0 Å². The van der Waals surface area contributed by atoms with Crippen molar-refractivity contribution in [1.29, 1.82) is 0 Å². The fourth-order valence-corrected chi connectivity index (χ4v) is 2.62. The molecule has 0 amide bonds. The second kappa shape index (κ2) is 5.28. The molecule has 0 aliphatic carbocycles. The number of hydrogen-bond acceptors (Lipinski definition) is 3. The standard InChI is InChI=1S/C13H24N2S/c1-9(2)6-10(14)7-11-8-16-12(15-11)13(3,4)5/h8-10H,6-7,14H2,1-5H3. The molecule has 0 aromatic carbocycles. The third kappa shape index (κ3) is 4.22. The first-order valence-corrected chi connectivity index (χ1v) is 6.87. The molecule has 92 valence electrons. The maximum absolute atomic E-state index is 6.09. The van der Waals surface area contributed by atoms with Gasteiger partial charge in [-0.25, -0.2) is 4.98 Å². The van der Waals surface area contributed by atoms with E-state index in [0.29, 0.717) is 5.92 Å². The van der Waals surface area contributed by atoms with Gasteiger partial charge in [-0.1, -0.05) is 34.6 Å². The fraction of sp³-hybridized carbons (Fsp3) is 0.769. The van der Waals surface area contributed by atoms with Crippen LogP contribution in [0.4, 0.5) is 0 Å². The maximum Gasteiger partial charge on any atom is 0.0981 e. The molecule has 1 aromatic heterocycles. The van der Waals surface area contributed by atoms with Gasteiger partial charge in [-0.2, -0.15) is 0 Å². The minimum Gasteiger partial charge on any atom is -0.327 e. The highest BCUT2D eigenvalue weighted by atomic mass is 32.1. The highest BCUT2D eigenvalue weighted by molar-refractivity contribution is 7.09. The van der Waals surface area contributed by atoms with Crippen molar-refractivity contribution in [2.24, 2.45) is 11.7 Å². The maximum atomic E-state index is 6.09. The molecule has 1 atom stereocenters. The van der Waals surface area contributed by atoms with Crippen molar-refractivity contribution in [1.82, 2.24) is 4.98 Å². The van der Waals surface area contributed by atoms with Crippen LogP contribution in [0.5, 0.6) is 0 Å². The minimum absolute atomic E-state index is 0.158. The zero-order chi connectivity index (χ0) is 12.3. The van der Waals surface area contributed by atoms with Crippen molar-refractivity contribution in [3.05, 3.63) is 16.1 Å². The zero-order valence-corrected chi connectivity index (χ0v) is 11.9. The summed E-state index contributed by atoms with van der Waals surface area (Å²) in [5, 5.41) is 3.36. The highest BCUT2D eigenvalue weighted by Gasteiger charge is 2.18. The summed E-state index contributed by atoms with van der Waals surface area (Å²) in [7, 11) is 0. The van der Waals surface area contributed by atoms with Crippen LogP contribution in [-0.4, -0.2) is 11.0 Å². The molecule has 0 bridgehead atoms. The van der Waals surface area contributed by atoms with E-state index >= 15 is 0 Å². The monoisotopic (exact) mass is 240 g/mol. The minimum atomic E-state index is 0.158. The van der Waals surface area contributed by atoms with Crippen LogP contribution in [0.25, 0.3) is 0 Å². The van der Waals surface area contributed by atoms with Crippen LogP contribution >= 0.6 is 11.3 Å². The summed E-state index contributed by atoms with van der Waals surface area (Å²) < 4.78 is 0. The average molecular weight is 240 g/mol. The van der Waals surface area contributed by atoms with Crippen LogP contribution in [0, 0.1) is 5.92 Å². The summed E-state index contributed by atoms with van der Waals surface area (Å²) in [6.45, 7) is 11.0. The Bertz CT molecular complexity index is 323. The summed E-state index contributed by atoms with van der Waals surface area (Å²) in [4.78, 5) is 4.67. The first-order valence-electron chi connectivity index (χ1n) is 5.99. The molecule has 3 heteroatoms. The van der Waals surface area contributed by atoms with Gasteiger partial charge < -0.3 is 5.73 Å². The Morgan fingerprint density at radius 1 is 1.38 bits per heavy atom. The molecule has 2 nitrogen and oxygen atoms in total. The second-order valence-electron chi connectivity index (χ2n) is 5.99. The van der Waals surface area contributed by atoms with Gasteiger partial charge >= 0.3 is 0 Å². The van der Waals surface area contributed by atoms with E-state index in [1.165, 1.54) is 5.01 Å². The van der Waals surface area contributed by atoms with Gasteiger partial charge in [0, 0.05) is 23.3 Å². The van der Waals surface area contributed by atoms with Crippen LogP contribution < -0.4 is 5.73 Å². The molecule has 1 rings (SSSR count). The van der Waals surface area contributed by atoms with Crippen LogP contribution in [0.15, 0.2) is 5.38 Å². The molecule has 1 aromatic rings. The van der Waals surface area contributed by atoms with Crippen LogP contribution in [-0.2, 0) is 11.8 Å². The lowest BCUT2D eigenvalue weighted by molar-refractivity contribution is 0.489. The predicted octanol–water partition coefficient (Wildman–Crippen LogP) is 3.36. The quantitative estimate of drug-likeness (QED) is 0.876. The Kier molecular flexibility index (Phi) is 4.51. The fourth-order valence-electron chi connectivity index (χ4n) is 1.70. The lowest BCUT2D eigenvalue weighted by atomic mass is 9.98. The van der Waals surface area contributed by atoms with Crippen molar-refractivity contribution in [2.75, 3.05) is 0 Å². The Hall–Kier alpha value is -0.410. The largest absolute Gasteiger partial charge is 0.327 e. The number of nitrogens with zero attached hydrogens (tertiary/aromatic N) is 1. The molecular formula is C13H24N2S. The topological polar surface area (TPSA) is 38.9 Å². The molecule has 0 aliphatic heterocycles.